The standard InChI is InChI=1S/C21H24N4O5/c1-13-17(14(2)29-23-13)7-8-19(26)25-9-10-28-18(12-25)21-22-20(24-30-21)15-5-4-6-16(11-15)27-3/h4-6,11,18H,7-10,12H2,1-3H3/t18-/m0/s1. The molecule has 3 heterocycles. The molecule has 1 aliphatic heterocycles. The molecule has 3 aromatic rings. The van der Waals surface area contributed by atoms with Gasteiger partial charge in [0.2, 0.25) is 11.7 Å². The molecule has 1 amide bonds. The van der Waals surface area contributed by atoms with Crippen LogP contribution in [0.3, 0.4) is 0 Å². The van der Waals surface area contributed by atoms with Crippen LogP contribution >= 0.6 is 0 Å². The monoisotopic (exact) mass is 412 g/mol. The number of morpholine rings is 1. The van der Waals surface area contributed by atoms with Crippen LogP contribution in [0.2, 0.25) is 0 Å². The Morgan fingerprint density at radius 3 is 2.90 bits per heavy atom. The molecule has 0 spiro atoms. The molecular weight excluding hydrogens is 388 g/mol. The molecule has 1 aliphatic rings. The smallest absolute Gasteiger partial charge is 0.257 e. The van der Waals surface area contributed by atoms with E-state index in [0.717, 1.165) is 22.6 Å². The molecule has 0 unspecified atom stereocenters. The summed E-state index contributed by atoms with van der Waals surface area (Å²) in [7, 11) is 1.61. The van der Waals surface area contributed by atoms with Crippen LogP contribution in [0.5, 0.6) is 5.75 Å². The maximum absolute atomic E-state index is 12.7. The highest BCUT2D eigenvalue weighted by Gasteiger charge is 2.29. The van der Waals surface area contributed by atoms with Crippen molar-refractivity contribution in [2.75, 3.05) is 26.8 Å². The molecule has 0 N–H and O–H groups in total. The minimum atomic E-state index is -0.450. The number of carbonyl (C=O) groups excluding carboxylic acids is 1. The predicted molar refractivity (Wildman–Crippen MR) is 106 cm³/mol. The predicted octanol–water partition coefficient (Wildman–Crippen LogP) is 2.88. The molecule has 1 aromatic carbocycles. The van der Waals surface area contributed by atoms with E-state index in [2.05, 4.69) is 15.3 Å². The second-order valence-corrected chi connectivity index (χ2v) is 7.19. The van der Waals surface area contributed by atoms with Gasteiger partial charge in [-0.2, -0.15) is 4.98 Å². The van der Waals surface area contributed by atoms with Gasteiger partial charge in [-0.1, -0.05) is 22.4 Å². The van der Waals surface area contributed by atoms with Crippen LogP contribution in [0.25, 0.3) is 11.4 Å². The summed E-state index contributed by atoms with van der Waals surface area (Å²) >= 11 is 0. The fraction of sp³-hybridized carbons (Fsp3) is 0.429. The summed E-state index contributed by atoms with van der Waals surface area (Å²) in [6.45, 7) is 5.07. The molecule has 0 saturated carbocycles. The second-order valence-electron chi connectivity index (χ2n) is 7.19. The first-order chi connectivity index (χ1) is 14.5. The van der Waals surface area contributed by atoms with Gasteiger partial charge in [-0.25, -0.2) is 0 Å². The molecule has 1 atom stereocenters. The third-order valence-corrected chi connectivity index (χ3v) is 5.23. The number of benzene rings is 1. The normalized spacial score (nSPS) is 16.6. The summed E-state index contributed by atoms with van der Waals surface area (Å²) in [4.78, 5) is 19.0. The fourth-order valence-electron chi connectivity index (χ4n) is 3.52. The Kier molecular flexibility index (Phi) is 5.80. The van der Waals surface area contributed by atoms with Crippen molar-refractivity contribution in [2.24, 2.45) is 0 Å². The summed E-state index contributed by atoms with van der Waals surface area (Å²) in [6, 6.07) is 7.42. The number of aryl methyl sites for hydroxylation is 2. The Morgan fingerprint density at radius 1 is 1.27 bits per heavy atom. The molecule has 30 heavy (non-hydrogen) atoms. The van der Waals surface area contributed by atoms with Gasteiger partial charge in [-0.05, 0) is 32.4 Å². The van der Waals surface area contributed by atoms with Crippen LogP contribution in [-0.2, 0) is 16.0 Å². The van der Waals surface area contributed by atoms with Gasteiger partial charge in [-0.3, -0.25) is 4.79 Å². The fourth-order valence-corrected chi connectivity index (χ4v) is 3.52. The zero-order valence-corrected chi connectivity index (χ0v) is 17.3. The highest BCUT2D eigenvalue weighted by Crippen LogP contribution is 2.26. The number of ether oxygens (including phenoxy) is 2. The molecule has 0 bridgehead atoms. The van der Waals surface area contributed by atoms with Gasteiger partial charge >= 0.3 is 0 Å². The number of aromatic nitrogens is 3. The SMILES string of the molecule is COc1cccc(-c2noc([C@@H]3CN(C(=O)CCc4c(C)noc4C)CCO3)n2)c1. The summed E-state index contributed by atoms with van der Waals surface area (Å²) in [5.74, 6) is 2.33. The van der Waals surface area contributed by atoms with Gasteiger partial charge in [0, 0.05) is 24.1 Å². The van der Waals surface area contributed by atoms with Gasteiger partial charge in [0.15, 0.2) is 6.10 Å². The van der Waals surface area contributed by atoms with Crippen LogP contribution in [0.15, 0.2) is 33.3 Å². The van der Waals surface area contributed by atoms with Gasteiger partial charge in [0.25, 0.3) is 5.89 Å². The first-order valence-corrected chi connectivity index (χ1v) is 9.84. The minimum absolute atomic E-state index is 0.0517. The molecule has 1 fully saturated rings. The lowest BCUT2D eigenvalue weighted by molar-refractivity contribution is -0.140. The number of nitrogens with zero attached hydrogens (tertiary/aromatic N) is 4. The molecule has 1 saturated heterocycles. The van der Waals surface area contributed by atoms with Crippen molar-refractivity contribution in [2.45, 2.75) is 32.8 Å². The van der Waals surface area contributed by atoms with Crippen LogP contribution in [0, 0.1) is 13.8 Å². The van der Waals surface area contributed by atoms with Crippen LogP contribution in [-0.4, -0.2) is 52.9 Å². The average molecular weight is 412 g/mol. The number of hydrogen-bond acceptors (Lipinski definition) is 8. The Balaban J connectivity index is 1.40. The van der Waals surface area contributed by atoms with E-state index in [1.165, 1.54) is 0 Å². The molecule has 9 nitrogen and oxygen atoms in total. The number of rotatable bonds is 6. The molecule has 158 valence electrons. The second kappa shape index (κ2) is 8.66. The molecule has 0 aliphatic carbocycles. The van der Waals surface area contributed by atoms with E-state index in [1.54, 1.807) is 12.0 Å². The number of amides is 1. The van der Waals surface area contributed by atoms with Crippen LogP contribution in [0.4, 0.5) is 0 Å². The Labute approximate surface area is 173 Å². The lowest BCUT2D eigenvalue weighted by Crippen LogP contribution is -2.42. The van der Waals surface area contributed by atoms with Crippen LogP contribution in [0.1, 0.15) is 35.4 Å². The van der Waals surface area contributed by atoms with Gasteiger partial charge in [0.05, 0.1) is 26.0 Å². The van der Waals surface area contributed by atoms with Crippen molar-refractivity contribution in [3.8, 4) is 17.1 Å². The zero-order valence-electron chi connectivity index (χ0n) is 17.3. The van der Waals surface area contributed by atoms with Gasteiger partial charge < -0.3 is 23.4 Å². The van der Waals surface area contributed by atoms with Gasteiger partial charge in [0.1, 0.15) is 11.5 Å². The summed E-state index contributed by atoms with van der Waals surface area (Å²) < 4.78 is 21.6. The lowest BCUT2D eigenvalue weighted by Gasteiger charge is -2.31. The van der Waals surface area contributed by atoms with Crippen molar-refractivity contribution in [1.82, 2.24) is 20.2 Å². The molecular formula is C21H24N4O5. The highest BCUT2D eigenvalue weighted by molar-refractivity contribution is 5.76. The van der Waals surface area contributed by atoms with E-state index in [1.807, 2.05) is 38.1 Å². The first-order valence-electron chi connectivity index (χ1n) is 9.84. The van der Waals surface area contributed by atoms with E-state index >= 15 is 0 Å². The maximum atomic E-state index is 12.7. The molecule has 9 heteroatoms. The molecule has 2 aromatic heterocycles. The van der Waals surface area contributed by atoms with Crippen molar-refractivity contribution in [1.29, 1.82) is 0 Å². The first kappa shape index (κ1) is 20.1. The van der Waals surface area contributed by atoms with Crippen LogP contribution < -0.4 is 4.74 Å². The van der Waals surface area contributed by atoms with Crippen molar-refractivity contribution in [3.05, 3.63) is 47.2 Å². The van der Waals surface area contributed by atoms with Crippen molar-refractivity contribution < 1.29 is 23.3 Å². The molecule has 4 rings (SSSR count). The minimum Gasteiger partial charge on any atom is -0.497 e. The third-order valence-electron chi connectivity index (χ3n) is 5.23. The Hall–Kier alpha value is -3.20. The number of hydrogen-bond donors (Lipinski definition) is 0. The maximum Gasteiger partial charge on any atom is 0.257 e. The Bertz CT molecular complexity index is 1010. The van der Waals surface area contributed by atoms with Crippen molar-refractivity contribution in [3.63, 3.8) is 0 Å². The Morgan fingerprint density at radius 2 is 2.13 bits per heavy atom. The third kappa shape index (κ3) is 4.20. The average Bonchev–Trinajstić information content (AvgIpc) is 3.39. The summed E-state index contributed by atoms with van der Waals surface area (Å²) in [5, 5.41) is 8.00. The van der Waals surface area contributed by atoms with Gasteiger partial charge in [-0.15, -0.1) is 0 Å². The topological polar surface area (TPSA) is 104 Å². The van der Waals surface area contributed by atoms with E-state index in [-0.39, 0.29) is 5.91 Å². The van der Waals surface area contributed by atoms with E-state index in [9.17, 15) is 4.79 Å². The quantitative estimate of drug-likeness (QED) is 0.609. The zero-order chi connectivity index (χ0) is 21.1. The van der Waals surface area contributed by atoms with E-state index in [4.69, 9.17) is 18.5 Å². The highest BCUT2D eigenvalue weighted by atomic mass is 16.5. The lowest BCUT2D eigenvalue weighted by atomic mass is 10.1. The summed E-state index contributed by atoms with van der Waals surface area (Å²) in [5.41, 5.74) is 2.61. The van der Waals surface area contributed by atoms with Crippen molar-refractivity contribution >= 4 is 5.91 Å². The number of carbonyl (C=O) groups is 1. The summed E-state index contributed by atoms with van der Waals surface area (Å²) in [6.07, 6.45) is 0.533. The van der Waals surface area contributed by atoms with E-state index < -0.39 is 6.10 Å². The number of methoxy groups -OCH3 is 1. The largest absolute Gasteiger partial charge is 0.497 e. The molecule has 0 radical (unpaired) electrons. The van der Waals surface area contributed by atoms with E-state index in [0.29, 0.717) is 50.0 Å².